The van der Waals surface area contributed by atoms with Gasteiger partial charge in [-0.25, -0.2) is 9.82 Å². The number of aromatic nitrogens is 1. The van der Waals surface area contributed by atoms with Crippen LogP contribution >= 0.6 is 0 Å². The number of halogens is 1. The summed E-state index contributed by atoms with van der Waals surface area (Å²) in [7, 11) is 0. The van der Waals surface area contributed by atoms with E-state index in [9.17, 15) is 4.39 Å². The Morgan fingerprint density at radius 2 is 2.05 bits per heavy atom. The standard InChI is InChI=1S/C15H18FN3O/c1-2-9-20-12-5-3-11(4-6-12)15(19-17)13-7-8-18-10-14(13)16/h3-8,10,15,19H,2,9,17H2,1H3. The molecule has 5 heteroatoms. The highest BCUT2D eigenvalue weighted by molar-refractivity contribution is 5.35. The van der Waals surface area contributed by atoms with Crippen molar-refractivity contribution in [1.29, 1.82) is 0 Å². The van der Waals surface area contributed by atoms with Gasteiger partial charge in [-0.3, -0.25) is 10.8 Å². The topological polar surface area (TPSA) is 60.2 Å². The van der Waals surface area contributed by atoms with Crippen LogP contribution in [0.1, 0.15) is 30.5 Å². The first-order chi connectivity index (χ1) is 9.76. The molecule has 3 N–H and O–H groups in total. The molecule has 0 amide bonds. The number of nitrogens with zero attached hydrogens (tertiary/aromatic N) is 1. The molecule has 0 aliphatic heterocycles. The van der Waals surface area contributed by atoms with Gasteiger partial charge >= 0.3 is 0 Å². The van der Waals surface area contributed by atoms with Crippen molar-refractivity contribution in [2.75, 3.05) is 6.61 Å². The highest BCUT2D eigenvalue weighted by Gasteiger charge is 2.16. The molecular weight excluding hydrogens is 257 g/mol. The van der Waals surface area contributed by atoms with Crippen molar-refractivity contribution in [3.63, 3.8) is 0 Å². The zero-order chi connectivity index (χ0) is 14.4. The van der Waals surface area contributed by atoms with Gasteiger partial charge in [0, 0.05) is 11.8 Å². The van der Waals surface area contributed by atoms with E-state index >= 15 is 0 Å². The minimum absolute atomic E-state index is 0.387. The lowest BCUT2D eigenvalue weighted by atomic mass is 10.00. The van der Waals surface area contributed by atoms with Crippen LogP contribution in [0.15, 0.2) is 42.7 Å². The number of pyridine rings is 1. The molecule has 2 aromatic rings. The molecule has 0 bridgehead atoms. The predicted molar refractivity (Wildman–Crippen MR) is 75.6 cm³/mol. The van der Waals surface area contributed by atoms with E-state index in [-0.39, 0.29) is 5.82 Å². The van der Waals surface area contributed by atoms with Crippen LogP contribution in [-0.4, -0.2) is 11.6 Å². The van der Waals surface area contributed by atoms with Gasteiger partial charge in [0.05, 0.1) is 18.8 Å². The molecule has 1 aromatic heterocycles. The third-order valence-electron chi connectivity index (χ3n) is 2.97. The van der Waals surface area contributed by atoms with Crippen LogP contribution in [0.5, 0.6) is 5.75 Å². The van der Waals surface area contributed by atoms with E-state index in [1.165, 1.54) is 6.20 Å². The molecule has 1 unspecified atom stereocenters. The minimum atomic E-state index is -0.418. The van der Waals surface area contributed by atoms with E-state index in [2.05, 4.69) is 17.3 Å². The van der Waals surface area contributed by atoms with Crippen molar-refractivity contribution in [1.82, 2.24) is 10.4 Å². The first-order valence-corrected chi connectivity index (χ1v) is 6.54. The SMILES string of the molecule is CCCOc1ccc(C(NN)c2ccncc2F)cc1. The van der Waals surface area contributed by atoms with Gasteiger partial charge in [0.15, 0.2) is 0 Å². The Balaban J connectivity index is 2.22. The Labute approximate surface area is 117 Å². The van der Waals surface area contributed by atoms with Gasteiger partial charge in [-0.2, -0.15) is 0 Å². The summed E-state index contributed by atoms with van der Waals surface area (Å²) in [6, 6.07) is 8.65. The fourth-order valence-electron chi connectivity index (χ4n) is 1.96. The summed E-state index contributed by atoms with van der Waals surface area (Å²) in [5, 5.41) is 0. The summed E-state index contributed by atoms with van der Waals surface area (Å²) in [4.78, 5) is 3.74. The van der Waals surface area contributed by atoms with Gasteiger partial charge in [-0.05, 0) is 30.2 Å². The van der Waals surface area contributed by atoms with Crippen molar-refractivity contribution in [3.05, 3.63) is 59.7 Å². The summed E-state index contributed by atoms with van der Waals surface area (Å²) in [6.07, 6.45) is 3.68. The molecule has 0 aliphatic rings. The number of nitrogens with two attached hydrogens (primary N) is 1. The number of nitrogens with one attached hydrogen (secondary N) is 1. The first-order valence-electron chi connectivity index (χ1n) is 6.54. The lowest BCUT2D eigenvalue weighted by Gasteiger charge is -2.17. The Morgan fingerprint density at radius 3 is 2.65 bits per heavy atom. The molecule has 1 atom stereocenters. The zero-order valence-electron chi connectivity index (χ0n) is 11.3. The Hall–Kier alpha value is -1.98. The fourth-order valence-corrected chi connectivity index (χ4v) is 1.96. The monoisotopic (exact) mass is 275 g/mol. The van der Waals surface area contributed by atoms with Gasteiger partial charge < -0.3 is 4.74 Å². The summed E-state index contributed by atoms with van der Waals surface area (Å²) >= 11 is 0. The lowest BCUT2D eigenvalue weighted by molar-refractivity contribution is 0.317. The second kappa shape index (κ2) is 6.98. The molecule has 1 heterocycles. The molecule has 1 aromatic carbocycles. The summed E-state index contributed by atoms with van der Waals surface area (Å²) in [5.41, 5.74) is 3.95. The molecule has 0 fully saturated rings. The van der Waals surface area contributed by atoms with Crippen LogP contribution in [0.3, 0.4) is 0 Å². The number of rotatable bonds is 6. The van der Waals surface area contributed by atoms with E-state index in [0.29, 0.717) is 12.2 Å². The Morgan fingerprint density at radius 1 is 1.30 bits per heavy atom. The van der Waals surface area contributed by atoms with Crippen molar-refractivity contribution in [2.45, 2.75) is 19.4 Å². The quantitative estimate of drug-likeness (QED) is 0.628. The molecule has 0 saturated heterocycles. The molecule has 106 valence electrons. The second-order valence-electron chi connectivity index (χ2n) is 4.41. The maximum atomic E-state index is 13.8. The number of hydrazine groups is 1. The summed E-state index contributed by atoms with van der Waals surface area (Å²) in [5.74, 6) is 5.96. The molecular formula is C15H18FN3O. The van der Waals surface area contributed by atoms with Crippen LogP contribution < -0.4 is 16.0 Å². The third kappa shape index (κ3) is 3.31. The molecule has 0 radical (unpaired) electrons. The summed E-state index contributed by atoms with van der Waals surface area (Å²) < 4.78 is 19.3. The highest BCUT2D eigenvalue weighted by Crippen LogP contribution is 2.25. The predicted octanol–water partition coefficient (Wildman–Crippen LogP) is 2.56. The van der Waals surface area contributed by atoms with E-state index in [1.54, 1.807) is 12.3 Å². The number of ether oxygens (including phenoxy) is 1. The van der Waals surface area contributed by atoms with Gasteiger partial charge in [0.25, 0.3) is 0 Å². The molecule has 20 heavy (non-hydrogen) atoms. The van der Waals surface area contributed by atoms with E-state index in [0.717, 1.165) is 17.7 Å². The van der Waals surface area contributed by atoms with Crippen LogP contribution in [0.25, 0.3) is 0 Å². The van der Waals surface area contributed by atoms with Crippen LogP contribution in [0, 0.1) is 5.82 Å². The largest absolute Gasteiger partial charge is 0.494 e. The maximum absolute atomic E-state index is 13.8. The minimum Gasteiger partial charge on any atom is -0.494 e. The molecule has 2 rings (SSSR count). The van der Waals surface area contributed by atoms with Crippen molar-refractivity contribution < 1.29 is 9.13 Å². The molecule has 0 aliphatic carbocycles. The maximum Gasteiger partial charge on any atom is 0.146 e. The zero-order valence-corrected chi connectivity index (χ0v) is 11.3. The van der Waals surface area contributed by atoms with Crippen molar-refractivity contribution in [2.24, 2.45) is 5.84 Å². The van der Waals surface area contributed by atoms with E-state index in [4.69, 9.17) is 10.6 Å². The normalized spacial score (nSPS) is 12.2. The van der Waals surface area contributed by atoms with Crippen LogP contribution in [-0.2, 0) is 0 Å². The van der Waals surface area contributed by atoms with Crippen molar-refractivity contribution in [3.8, 4) is 5.75 Å². The highest BCUT2D eigenvalue weighted by atomic mass is 19.1. The van der Waals surface area contributed by atoms with Gasteiger partial charge in [0.2, 0.25) is 0 Å². The Kier molecular flexibility index (Phi) is 5.03. The average Bonchev–Trinajstić information content (AvgIpc) is 2.49. The van der Waals surface area contributed by atoms with E-state index < -0.39 is 6.04 Å². The first kappa shape index (κ1) is 14.4. The summed E-state index contributed by atoms with van der Waals surface area (Å²) in [6.45, 7) is 2.73. The van der Waals surface area contributed by atoms with Gasteiger partial charge in [0.1, 0.15) is 11.6 Å². The smallest absolute Gasteiger partial charge is 0.146 e. The lowest BCUT2D eigenvalue weighted by Crippen LogP contribution is -2.29. The third-order valence-corrected chi connectivity index (χ3v) is 2.97. The van der Waals surface area contributed by atoms with Crippen LogP contribution in [0.4, 0.5) is 4.39 Å². The molecule has 4 nitrogen and oxygen atoms in total. The molecule has 0 saturated carbocycles. The Bertz CT molecular complexity index is 545. The number of benzene rings is 1. The van der Waals surface area contributed by atoms with Crippen molar-refractivity contribution >= 4 is 0 Å². The van der Waals surface area contributed by atoms with Gasteiger partial charge in [-0.1, -0.05) is 19.1 Å². The van der Waals surface area contributed by atoms with Crippen LogP contribution in [0.2, 0.25) is 0 Å². The second-order valence-corrected chi connectivity index (χ2v) is 4.41. The van der Waals surface area contributed by atoms with Gasteiger partial charge in [-0.15, -0.1) is 0 Å². The number of hydrogen-bond acceptors (Lipinski definition) is 4. The van der Waals surface area contributed by atoms with E-state index in [1.807, 2.05) is 24.3 Å². The number of hydrogen-bond donors (Lipinski definition) is 2. The molecule has 0 spiro atoms. The fraction of sp³-hybridized carbons (Fsp3) is 0.267. The average molecular weight is 275 g/mol.